The van der Waals surface area contributed by atoms with Gasteiger partial charge < -0.3 is 19.1 Å². The van der Waals surface area contributed by atoms with E-state index >= 15 is 0 Å². The van der Waals surface area contributed by atoms with Crippen LogP contribution in [0.25, 0.3) is 22.9 Å². The zero-order chi connectivity index (χ0) is 25.7. The molecule has 0 amide bonds. The average molecular weight is 515 g/mol. The van der Waals surface area contributed by atoms with Crippen molar-refractivity contribution >= 4 is 29.2 Å². The molecule has 4 aromatic rings. The summed E-state index contributed by atoms with van der Waals surface area (Å²) < 4.78 is 18.0. The first-order valence-electron chi connectivity index (χ1n) is 12.0. The van der Waals surface area contributed by atoms with Gasteiger partial charge in [0.25, 0.3) is 0 Å². The number of hydrogen-bond donors (Lipinski definition) is 1. The van der Waals surface area contributed by atoms with Gasteiger partial charge in [-0.3, -0.25) is 0 Å². The summed E-state index contributed by atoms with van der Waals surface area (Å²) in [6.45, 7) is 4.16. The van der Waals surface area contributed by atoms with Crippen LogP contribution in [0.1, 0.15) is 64.2 Å². The maximum Gasteiger partial charge on any atom is 0.335 e. The lowest BCUT2D eigenvalue weighted by molar-refractivity contribution is 0.0696. The summed E-state index contributed by atoms with van der Waals surface area (Å²) in [5, 5.41) is 14.4. The summed E-state index contributed by atoms with van der Waals surface area (Å²) in [5.41, 5.74) is 5.90. The Labute approximate surface area is 218 Å². The third-order valence-electron chi connectivity index (χ3n) is 6.68. The maximum atomic E-state index is 11.4. The Morgan fingerprint density at radius 2 is 1.97 bits per heavy atom. The Morgan fingerprint density at radius 1 is 1.14 bits per heavy atom. The van der Waals surface area contributed by atoms with Gasteiger partial charge in [-0.05, 0) is 68.2 Å². The molecule has 8 heteroatoms. The van der Waals surface area contributed by atoms with Crippen LogP contribution in [0.15, 0.2) is 53.1 Å². The molecule has 0 bridgehead atoms. The number of hydrogen-bond acceptors (Lipinski definition) is 6. The Hall–Kier alpha value is -4.10. The van der Waals surface area contributed by atoms with E-state index in [-0.39, 0.29) is 12.2 Å². The van der Waals surface area contributed by atoms with E-state index in [4.69, 9.17) is 25.6 Å². The molecule has 3 heterocycles. The zero-order valence-electron chi connectivity index (χ0n) is 20.2. The number of aromatic nitrogens is 2. The molecule has 2 aromatic heterocycles. The summed E-state index contributed by atoms with van der Waals surface area (Å²) in [6.07, 6.45) is 4.03. The second-order valence-corrected chi connectivity index (χ2v) is 9.75. The summed E-state index contributed by atoms with van der Waals surface area (Å²) >= 11 is 6.54. The molecular weight excluding hydrogens is 492 g/mol. The average Bonchev–Trinajstić information content (AvgIpc) is 3.65. The standard InChI is InChI=1S/C29H23ClN2O5/c1-15-4-3-5-21(30)26(15)27-20(28(37-32-27)17-6-7-17)14-35-25-11-10-23-22(31-25)12-16(2)19-9-8-18(29(33)34)13-24(19)36-23/h3-5,8-13,17H,6-7,14H2,1-2H3,(H,33,34). The number of allylic oxidation sites excluding steroid dienone is 1. The van der Waals surface area contributed by atoms with E-state index < -0.39 is 5.97 Å². The van der Waals surface area contributed by atoms with Crippen LogP contribution in [0.5, 0.6) is 17.4 Å². The Bertz CT molecular complexity index is 1570. The normalized spacial score (nSPS) is 14.2. The lowest BCUT2D eigenvalue weighted by atomic mass is 10.0. The molecule has 1 aliphatic heterocycles. The number of halogens is 1. The van der Waals surface area contributed by atoms with E-state index in [2.05, 4.69) is 10.1 Å². The molecular formula is C29H23ClN2O5. The van der Waals surface area contributed by atoms with E-state index in [0.29, 0.717) is 39.7 Å². The molecule has 2 aromatic carbocycles. The molecule has 1 saturated carbocycles. The number of fused-ring (bicyclic) bond motifs is 2. The molecule has 1 N–H and O–H groups in total. The highest BCUT2D eigenvalue weighted by Crippen LogP contribution is 2.45. The van der Waals surface area contributed by atoms with Crippen molar-refractivity contribution in [3.8, 4) is 28.6 Å². The fourth-order valence-electron chi connectivity index (χ4n) is 4.58. The van der Waals surface area contributed by atoms with Crippen molar-refractivity contribution in [2.45, 2.75) is 39.2 Å². The molecule has 0 unspecified atom stereocenters. The first-order valence-corrected chi connectivity index (χ1v) is 12.4. The fourth-order valence-corrected chi connectivity index (χ4v) is 4.89. The molecule has 186 valence electrons. The van der Waals surface area contributed by atoms with Gasteiger partial charge in [0, 0.05) is 23.1 Å². The van der Waals surface area contributed by atoms with E-state index in [0.717, 1.165) is 46.4 Å². The maximum absolute atomic E-state index is 11.4. The van der Waals surface area contributed by atoms with Crippen LogP contribution in [0.4, 0.5) is 0 Å². The number of carboxylic acids is 1. The molecule has 0 radical (unpaired) electrons. The Kier molecular flexibility index (Phi) is 5.72. The van der Waals surface area contributed by atoms with Crippen molar-refractivity contribution in [2.75, 3.05) is 0 Å². The highest BCUT2D eigenvalue weighted by atomic mass is 35.5. The number of carbonyl (C=O) groups is 1. The van der Waals surface area contributed by atoms with Crippen molar-refractivity contribution < 1.29 is 23.9 Å². The van der Waals surface area contributed by atoms with Gasteiger partial charge in [0.2, 0.25) is 5.88 Å². The van der Waals surface area contributed by atoms with Crippen molar-refractivity contribution in [3.05, 3.63) is 87.3 Å². The number of ether oxygens (including phenoxy) is 2. The lowest BCUT2D eigenvalue weighted by Gasteiger charge is -2.12. The quantitative estimate of drug-likeness (QED) is 0.284. The minimum atomic E-state index is -1.01. The highest BCUT2D eigenvalue weighted by Gasteiger charge is 2.33. The van der Waals surface area contributed by atoms with Gasteiger partial charge in [-0.1, -0.05) is 35.0 Å². The number of benzene rings is 2. The van der Waals surface area contributed by atoms with Crippen LogP contribution in [-0.4, -0.2) is 21.2 Å². The van der Waals surface area contributed by atoms with Gasteiger partial charge in [0.1, 0.15) is 29.5 Å². The first kappa shape index (κ1) is 23.3. The van der Waals surface area contributed by atoms with Gasteiger partial charge >= 0.3 is 5.97 Å². The molecule has 1 aliphatic carbocycles. The molecule has 37 heavy (non-hydrogen) atoms. The van der Waals surface area contributed by atoms with E-state index in [1.165, 1.54) is 6.07 Å². The van der Waals surface area contributed by atoms with Crippen LogP contribution >= 0.6 is 11.6 Å². The SMILES string of the molecule is CC1=Cc2nc(OCc3c(-c4c(C)cccc4Cl)noc3C3CC3)ccc2Oc2cc(C(=O)O)ccc21. The molecule has 0 saturated heterocycles. The predicted octanol–water partition coefficient (Wildman–Crippen LogP) is 7.52. The van der Waals surface area contributed by atoms with Gasteiger partial charge in [-0.15, -0.1) is 0 Å². The number of rotatable bonds is 6. The van der Waals surface area contributed by atoms with Crippen LogP contribution in [0, 0.1) is 6.92 Å². The molecule has 6 rings (SSSR count). The molecule has 1 fully saturated rings. The molecule has 7 nitrogen and oxygen atoms in total. The number of nitrogens with zero attached hydrogens (tertiary/aromatic N) is 2. The number of carboxylic acid groups (broad SMARTS) is 1. The predicted molar refractivity (Wildman–Crippen MR) is 139 cm³/mol. The summed E-state index contributed by atoms with van der Waals surface area (Å²) in [4.78, 5) is 16.1. The monoisotopic (exact) mass is 514 g/mol. The van der Waals surface area contributed by atoms with E-state index in [1.54, 1.807) is 24.3 Å². The van der Waals surface area contributed by atoms with Gasteiger partial charge in [0.15, 0.2) is 5.75 Å². The largest absolute Gasteiger partial charge is 0.478 e. The fraction of sp³-hybridized carbons (Fsp3) is 0.207. The number of aryl methyl sites for hydroxylation is 1. The van der Waals surface area contributed by atoms with Crippen LogP contribution < -0.4 is 9.47 Å². The van der Waals surface area contributed by atoms with Gasteiger partial charge in [-0.2, -0.15) is 0 Å². The highest BCUT2D eigenvalue weighted by molar-refractivity contribution is 6.33. The topological polar surface area (TPSA) is 94.7 Å². The first-order chi connectivity index (χ1) is 17.9. The minimum Gasteiger partial charge on any atom is -0.478 e. The number of aromatic carboxylic acids is 1. The molecule has 0 atom stereocenters. The number of pyridine rings is 1. The third kappa shape index (κ3) is 4.36. The molecule has 0 spiro atoms. The van der Waals surface area contributed by atoms with Crippen LogP contribution in [0.2, 0.25) is 5.02 Å². The van der Waals surface area contributed by atoms with Gasteiger partial charge in [-0.25, -0.2) is 9.78 Å². The van der Waals surface area contributed by atoms with Gasteiger partial charge in [0.05, 0.1) is 16.1 Å². The minimum absolute atomic E-state index is 0.160. The summed E-state index contributed by atoms with van der Waals surface area (Å²) in [7, 11) is 0. The van der Waals surface area contributed by atoms with E-state index in [9.17, 15) is 9.90 Å². The summed E-state index contributed by atoms with van der Waals surface area (Å²) in [5.74, 6) is 1.59. The lowest BCUT2D eigenvalue weighted by Crippen LogP contribution is -2.02. The Morgan fingerprint density at radius 3 is 2.73 bits per heavy atom. The molecule has 2 aliphatic rings. The third-order valence-corrected chi connectivity index (χ3v) is 6.99. The van der Waals surface area contributed by atoms with Crippen molar-refractivity contribution in [3.63, 3.8) is 0 Å². The Balaban J connectivity index is 1.31. The van der Waals surface area contributed by atoms with Crippen molar-refractivity contribution in [1.29, 1.82) is 0 Å². The van der Waals surface area contributed by atoms with E-state index in [1.807, 2.05) is 38.1 Å². The smallest absolute Gasteiger partial charge is 0.335 e. The van der Waals surface area contributed by atoms with Crippen LogP contribution in [0.3, 0.4) is 0 Å². The second kappa shape index (κ2) is 9.09. The van der Waals surface area contributed by atoms with Crippen LogP contribution in [-0.2, 0) is 6.61 Å². The second-order valence-electron chi connectivity index (χ2n) is 9.35. The van der Waals surface area contributed by atoms with Crippen molar-refractivity contribution in [1.82, 2.24) is 10.1 Å². The van der Waals surface area contributed by atoms with Crippen molar-refractivity contribution in [2.24, 2.45) is 0 Å². The zero-order valence-corrected chi connectivity index (χ0v) is 21.0. The summed E-state index contributed by atoms with van der Waals surface area (Å²) in [6, 6.07) is 14.1.